The van der Waals surface area contributed by atoms with Gasteiger partial charge in [0.05, 0.1) is 13.2 Å². The summed E-state index contributed by atoms with van der Waals surface area (Å²) in [4.78, 5) is 13.3. The maximum absolute atomic E-state index is 11.8. The molecule has 0 N–H and O–H groups in total. The molecule has 0 saturated carbocycles. The molecule has 4 heteroatoms. The Morgan fingerprint density at radius 1 is 0.952 bits per heavy atom. The molecule has 2 aromatic rings. The average Bonchev–Trinajstić information content (AvgIpc) is 2.49. The van der Waals surface area contributed by atoms with Gasteiger partial charge in [0.2, 0.25) is 0 Å². The Labute approximate surface area is 130 Å². The highest BCUT2D eigenvalue weighted by atomic mass is 35.5. The van der Waals surface area contributed by atoms with Gasteiger partial charge in [-0.15, -0.1) is 0 Å². The van der Waals surface area contributed by atoms with Gasteiger partial charge in [-0.25, -0.2) is 0 Å². The lowest BCUT2D eigenvalue weighted by molar-refractivity contribution is 0.0827. The molecule has 110 valence electrons. The van der Waals surface area contributed by atoms with Gasteiger partial charge in [-0.2, -0.15) is 0 Å². The summed E-state index contributed by atoms with van der Waals surface area (Å²) in [6.07, 6.45) is 0. The van der Waals surface area contributed by atoms with E-state index in [9.17, 15) is 4.79 Å². The molecule has 0 aliphatic rings. The molecule has 0 spiro atoms. The largest absolute Gasteiger partial charge is 0.372 e. The third kappa shape index (κ3) is 4.59. The molecule has 0 bridgehead atoms. The maximum atomic E-state index is 11.8. The first-order valence-corrected chi connectivity index (χ1v) is 7.07. The van der Waals surface area contributed by atoms with Gasteiger partial charge in [-0.1, -0.05) is 35.9 Å². The van der Waals surface area contributed by atoms with Crippen molar-refractivity contribution in [2.24, 2.45) is 0 Å². The minimum atomic E-state index is 0.00336. The number of ether oxygens (including phenoxy) is 1. The average molecular weight is 304 g/mol. The Hall–Kier alpha value is -1.84. The molecule has 2 aromatic carbocycles. The van der Waals surface area contributed by atoms with Gasteiger partial charge >= 0.3 is 0 Å². The van der Waals surface area contributed by atoms with Crippen molar-refractivity contribution in [1.82, 2.24) is 4.90 Å². The van der Waals surface area contributed by atoms with E-state index in [-0.39, 0.29) is 5.91 Å². The fourth-order valence-electron chi connectivity index (χ4n) is 1.87. The van der Waals surface area contributed by atoms with Crippen LogP contribution in [0.25, 0.3) is 0 Å². The first-order valence-electron chi connectivity index (χ1n) is 6.69. The van der Waals surface area contributed by atoms with Gasteiger partial charge < -0.3 is 9.64 Å². The molecule has 0 fully saturated rings. The SMILES string of the molecule is CN(C)C(=O)c1ccc(COCc2ccc(Cl)cc2)cc1. The number of carbonyl (C=O) groups excluding carboxylic acids is 1. The number of halogens is 1. The highest BCUT2D eigenvalue weighted by molar-refractivity contribution is 6.30. The Morgan fingerprint density at radius 2 is 1.43 bits per heavy atom. The van der Waals surface area contributed by atoms with E-state index in [0.29, 0.717) is 18.8 Å². The van der Waals surface area contributed by atoms with Crippen molar-refractivity contribution in [3.05, 3.63) is 70.2 Å². The first kappa shape index (κ1) is 15.5. The van der Waals surface area contributed by atoms with Gasteiger partial charge in [0.25, 0.3) is 5.91 Å². The minimum Gasteiger partial charge on any atom is -0.372 e. The van der Waals surface area contributed by atoms with Crippen LogP contribution in [0.2, 0.25) is 5.02 Å². The molecular formula is C17H18ClNO2. The lowest BCUT2D eigenvalue weighted by Crippen LogP contribution is -2.21. The number of hydrogen-bond acceptors (Lipinski definition) is 2. The molecule has 0 unspecified atom stereocenters. The molecule has 3 nitrogen and oxygen atoms in total. The standard InChI is InChI=1S/C17H18ClNO2/c1-19(2)17(20)15-7-3-13(4-8-15)11-21-12-14-5-9-16(18)10-6-14/h3-10H,11-12H2,1-2H3. The fraction of sp³-hybridized carbons (Fsp3) is 0.235. The van der Waals surface area contributed by atoms with Crippen molar-refractivity contribution < 1.29 is 9.53 Å². The highest BCUT2D eigenvalue weighted by Gasteiger charge is 2.07. The number of nitrogens with zero attached hydrogens (tertiary/aromatic N) is 1. The third-order valence-electron chi connectivity index (χ3n) is 3.06. The first-order chi connectivity index (χ1) is 10.1. The summed E-state index contributed by atoms with van der Waals surface area (Å²) in [6, 6.07) is 15.1. The van der Waals surface area contributed by atoms with Crippen molar-refractivity contribution >= 4 is 17.5 Å². The summed E-state index contributed by atoms with van der Waals surface area (Å²) in [5.74, 6) is 0.00336. The maximum Gasteiger partial charge on any atom is 0.253 e. The zero-order valence-electron chi connectivity index (χ0n) is 12.2. The third-order valence-corrected chi connectivity index (χ3v) is 3.31. The normalized spacial score (nSPS) is 10.4. The van der Waals surface area contributed by atoms with Crippen molar-refractivity contribution in [2.45, 2.75) is 13.2 Å². The highest BCUT2D eigenvalue weighted by Crippen LogP contribution is 2.12. The molecule has 1 amide bonds. The number of hydrogen-bond donors (Lipinski definition) is 0. The Balaban J connectivity index is 1.86. The van der Waals surface area contributed by atoms with Crippen LogP contribution in [0.5, 0.6) is 0 Å². The lowest BCUT2D eigenvalue weighted by atomic mass is 10.1. The summed E-state index contributed by atoms with van der Waals surface area (Å²) < 4.78 is 5.65. The van der Waals surface area contributed by atoms with E-state index in [1.54, 1.807) is 19.0 Å². The van der Waals surface area contributed by atoms with E-state index in [1.165, 1.54) is 0 Å². The molecule has 0 atom stereocenters. The van der Waals surface area contributed by atoms with Crippen molar-refractivity contribution in [3.63, 3.8) is 0 Å². The van der Waals surface area contributed by atoms with E-state index >= 15 is 0 Å². The topological polar surface area (TPSA) is 29.5 Å². The second-order valence-electron chi connectivity index (χ2n) is 5.02. The van der Waals surface area contributed by atoms with Crippen LogP contribution in [0.3, 0.4) is 0 Å². The molecular weight excluding hydrogens is 286 g/mol. The van der Waals surface area contributed by atoms with Crippen LogP contribution in [-0.2, 0) is 18.0 Å². The van der Waals surface area contributed by atoms with Crippen LogP contribution in [-0.4, -0.2) is 24.9 Å². The quantitative estimate of drug-likeness (QED) is 0.841. The van der Waals surface area contributed by atoms with E-state index in [1.807, 2.05) is 48.5 Å². The Bertz CT molecular complexity index is 591. The van der Waals surface area contributed by atoms with E-state index in [2.05, 4.69) is 0 Å². The van der Waals surface area contributed by atoms with E-state index in [4.69, 9.17) is 16.3 Å². The van der Waals surface area contributed by atoms with Crippen LogP contribution in [0, 0.1) is 0 Å². The number of carbonyl (C=O) groups is 1. The van der Waals surface area contributed by atoms with Crippen LogP contribution >= 0.6 is 11.6 Å². The molecule has 21 heavy (non-hydrogen) atoms. The zero-order chi connectivity index (χ0) is 15.2. The smallest absolute Gasteiger partial charge is 0.253 e. The van der Waals surface area contributed by atoms with Gasteiger partial charge in [0.15, 0.2) is 0 Å². The second kappa shape index (κ2) is 7.25. The summed E-state index contributed by atoms with van der Waals surface area (Å²) in [6.45, 7) is 1.05. The van der Waals surface area contributed by atoms with E-state index in [0.717, 1.165) is 16.1 Å². The fourth-order valence-corrected chi connectivity index (χ4v) is 2.00. The van der Waals surface area contributed by atoms with Crippen LogP contribution in [0.15, 0.2) is 48.5 Å². The van der Waals surface area contributed by atoms with Crippen molar-refractivity contribution in [2.75, 3.05) is 14.1 Å². The Kier molecular flexibility index (Phi) is 5.37. The van der Waals surface area contributed by atoms with Crippen LogP contribution in [0.1, 0.15) is 21.5 Å². The summed E-state index contributed by atoms with van der Waals surface area (Å²) in [5, 5.41) is 0.722. The molecule has 0 aromatic heterocycles. The van der Waals surface area contributed by atoms with Gasteiger partial charge in [0, 0.05) is 24.7 Å². The van der Waals surface area contributed by atoms with Crippen LogP contribution < -0.4 is 0 Å². The predicted molar refractivity (Wildman–Crippen MR) is 84.4 cm³/mol. The van der Waals surface area contributed by atoms with Crippen molar-refractivity contribution in [1.29, 1.82) is 0 Å². The second-order valence-corrected chi connectivity index (χ2v) is 5.45. The molecule has 0 aliphatic carbocycles. The molecule has 0 aliphatic heterocycles. The van der Waals surface area contributed by atoms with Crippen LogP contribution in [0.4, 0.5) is 0 Å². The van der Waals surface area contributed by atoms with Gasteiger partial charge in [0.1, 0.15) is 0 Å². The lowest BCUT2D eigenvalue weighted by Gasteiger charge is -2.10. The number of amides is 1. The summed E-state index contributed by atoms with van der Waals surface area (Å²) in [5.41, 5.74) is 2.81. The molecule has 0 heterocycles. The number of benzene rings is 2. The zero-order valence-corrected chi connectivity index (χ0v) is 12.9. The molecule has 0 radical (unpaired) electrons. The molecule has 0 saturated heterocycles. The van der Waals surface area contributed by atoms with Gasteiger partial charge in [-0.05, 0) is 35.4 Å². The monoisotopic (exact) mass is 303 g/mol. The van der Waals surface area contributed by atoms with Gasteiger partial charge in [-0.3, -0.25) is 4.79 Å². The number of rotatable bonds is 5. The van der Waals surface area contributed by atoms with Crippen molar-refractivity contribution in [3.8, 4) is 0 Å². The van der Waals surface area contributed by atoms with E-state index < -0.39 is 0 Å². The summed E-state index contributed by atoms with van der Waals surface area (Å²) in [7, 11) is 3.48. The molecule has 2 rings (SSSR count). The predicted octanol–water partition coefficient (Wildman–Crippen LogP) is 3.76. The Morgan fingerprint density at radius 3 is 1.90 bits per heavy atom. The summed E-state index contributed by atoms with van der Waals surface area (Å²) >= 11 is 5.83. The minimum absolute atomic E-state index is 0.00336.